The number of hydrogen-bond donors (Lipinski definition) is 0. The average Bonchev–Trinajstić information content (AvgIpc) is 2.39. The van der Waals surface area contributed by atoms with Crippen LogP contribution in [-0.2, 0) is 4.79 Å². The fraction of sp³-hybridized carbons (Fsp3) is 0.933. The van der Waals surface area contributed by atoms with E-state index in [-0.39, 0.29) is 0 Å². The molecule has 0 aromatic carbocycles. The number of amides is 1. The number of carbonyl (C=O) groups is 1. The molecule has 0 aromatic rings. The molecular formula is C15H26BrNO. The summed E-state index contributed by atoms with van der Waals surface area (Å²) < 4.78 is 0. The molecule has 3 atom stereocenters. The molecule has 3 unspecified atom stereocenters. The summed E-state index contributed by atoms with van der Waals surface area (Å²) in [4.78, 5) is 14.6. The first-order valence-electron chi connectivity index (χ1n) is 7.59. The van der Waals surface area contributed by atoms with Gasteiger partial charge in [-0.1, -0.05) is 35.7 Å². The van der Waals surface area contributed by atoms with Crippen molar-refractivity contribution in [2.24, 2.45) is 11.8 Å². The van der Waals surface area contributed by atoms with Crippen LogP contribution in [0.1, 0.15) is 58.3 Å². The lowest BCUT2D eigenvalue weighted by atomic mass is 9.72. The summed E-state index contributed by atoms with van der Waals surface area (Å²) in [7, 11) is 0. The molecule has 1 heterocycles. The van der Waals surface area contributed by atoms with E-state index in [1.807, 2.05) is 0 Å². The Balaban J connectivity index is 1.92. The smallest absolute Gasteiger partial charge is 0.222 e. The minimum Gasteiger partial charge on any atom is -0.339 e. The van der Waals surface area contributed by atoms with Gasteiger partial charge in [-0.2, -0.15) is 0 Å². The van der Waals surface area contributed by atoms with Crippen LogP contribution in [-0.4, -0.2) is 28.7 Å². The van der Waals surface area contributed by atoms with E-state index in [0.29, 0.717) is 11.9 Å². The Morgan fingerprint density at radius 3 is 2.78 bits per heavy atom. The quantitative estimate of drug-likeness (QED) is 0.567. The molecule has 0 radical (unpaired) electrons. The fourth-order valence-electron chi connectivity index (χ4n) is 3.74. The number of piperidine rings is 1. The number of likely N-dealkylation sites (tertiary alicyclic amines) is 1. The zero-order valence-electron chi connectivity index (χ0n) is 11.5. The Bertz CT molecular complexity index is 282. The predicted octanol–water partition coefficient (Wildman–Crippen LogP) is 3.98. The van der Waals surface area contributed by atoms with Gasteiger partial charge in [-0.15, -0.1) is 0 Å². The molecule has 0 aromatic heterocycles. The third kappa shape index (κ3) is 3.28. The topological polar surface area (TPSA) is 20.3 Å². The highest BCUT2D eigenvalue weighted by Crippen LogP contribution is 2.39. The number of fused-ring (bicyclic) bond motifs is 1. The van der Waals surface area contributed by atoms with Crippen molar-refractivity contribution in [1.82, 2.24) is 4.90 Å². The van der Waals surface area contributed by atoms with Gasteiger partial charge in [-0.05, 0) is 43.9 Å². The van der Waals surface area contributed by atoms with Gasteiger partial charge in [0.1, 0.15) is 0 Å². The normalized spacial score (nSPS) is 32.1. The number of halogens is 1. The molecule has 2 nitrogen and oxygen atoms in total. The Hall–Kier alpha value is -0.0500. The van der Waals surface area contributed by atoms with Crippen LogP contribution in [0.15, 0.2) is 0 Å². The minimum atomic E-state index is 0.416. The zero-order valence-corrected chi connectivity index (χ0v) is 13.1. The average molecular weight is 316 g/mol. The molecular weight excluding hydrogens is 290 g/mol. The van der Waals surface area contributed by atoms with Gasteiger partial charge in [0.25, 0.3) is 0 Å². The lowest BCUT2D eigenvalue weighted by molar-refractivity contribution is -0.139. The summed E-state index contributed by atoms with van der Waals surface area (Å²) in [6, 6.07) is 0.568. The van der Waals surface area contributed by atoms with Crippen LogP contribution in [0.5, 0.6) is 0 Å². The van der Waals surface area contributed by atoms with Gasteiger partial charge in [0.2, 0.25) is 5.91 Å². The lowest BCUT2D eigenvalue weighted by Gasteiger charge is -2.47. The van der Waals surface area contributed by atoms with Crippen LogP contribution in [0.4, 0.5) is 0 Å². The van der Waals surface area contributed by atoms with E-state index in [0.717, 1.165) is 43.0 Å². The minimum absolute atomic E-state index is 0.416. The first-order chi connectivity index (χ1) is 8.74. The Morgan fingerprint density at radius 2 is 2.00 bits per heavy atom. The number of alkyl halides is 1. The Morgan fingerprint density at radius 1 is 1.22 bits per heavy atom. The van der Waals surface area contributed by atoms with Crippen LogP contribution >= 0.6 is 15.9 Å². The van der Waals surface area contributed by atoms with Crippen molar-refractivity contribution in [3.05, 3.63) is 0 Å². The number of nitrogens with zero attached hydrogens (tertiary/aromatic N) is 1. The van der Waals surface area contributed by atoms with Crippen molar-refractivity contribution < 1.29 is 4.79 Å². The molecule has 2 fully saturated rings. The van der Waals surface area contributed by atoms with E-state index in [2.05, 4.69) is 27.8 Å². The summed E-state index contributed by atoms with van der Waals surface area (Å²) in [6.07, 6.45) is 9.40. The van der Waals surface area contributed by atoms with E-state index in [1.54, 1.807) is 0 Å². The number of hydrogen-bond acceptors (Lipinski definition) is 1. The fourth-order valence-corrected chi connectivity index (χ4v) is 4.13. The third-order valence-corrected chi connectivity index (χ3v) is 5.39. The third-order valence-electron chi connectivity index (χ3n) is 4.83. The number of rotatable bonds is 4. The summed E-state index contributed by atoms with van der Waals surface area (Å²) in [6.45, 7) is 3.39. The van der Waals surface area contributed by atoms with E-state index < -0.39 is 0 Å². The second-order valence-corrected chi connectivity index (χ2v) is 6.81. The predicted molar refractivity (Wildman–Crippen MR) is 78.9 cm³/mol. The van der Waals surface area contributed by atoms with Gasteiger partial charge in [-0.25, -0.2) is 0 Å². The maximum atomic E-state index is 12.3. The summed E-state index contributed by atoms with van der Waals surface area (Å²) in [5, 5.41) is 1.02. The van der Waals surface area contributed by atoms with E-state index in [9.17, 15) is 4.79 Å². The van der Waals surface area contributed by atoms with E-state index in [4.69, 9.17) is 0 Å². The van der Waals surface area contributed by atoms with Crippen LogP contribution in [0.3, 0.4) is 0 Å². The molecule has 0 spiro atoms. The summed E-state index contributed by atoms with van der Waals surface area (Å²) >= 11 is 3.43. The van der Waals surface area contributed by atoms with E-state index in [1.165, 1.54) is 32.1 Å². The second kappa shape index (κ2) is 6.93. The molecule has 18 heavy (non-hydrogen) atoms. The van der Waals surface area contributed by atoms with Gasteiger partial charge < -0.3 is 4.90 Å². The first kappa shape index (κ1) is 14.4. The highest BCUT2D eigenvalue weighted by Gasteiger charge is 2.38. The molecule has 1 saturated heterocycles. The molecule has 2 aliphatic rings. The van der Waals surface area contributed by atoms with Crippen molar-refractivity contribution >= 4 is 21.8 Å². The van der Waals surface area contributed by atoms with Gasteiger partial charge in [0.15, 0.2) is 0 Å². The van der Waals surface area contributed by atoms with Crippen molar-refractivity contribution in [1.29, 1.82) is 0 Å². The lowest BCUT2D eigenvalue weighted by Crippen LogP contribution is -2.52. The molecule has 3 heteroatoms. The summed E-state index contributed by atoms with van der Waals surface area (Å²) in [5.41, 5.74) is 0. The molecule has 0 bridgehead atoms. The molecule has 1 aliphatic heterocycles. The number of carbonyl (C=O) groups excluding carboxylic acids is 1. The zero-order chi connectivity index (χ0) is 13.0. The summed E-state index contributed by atoms with van der Waals surface area (Å²) in [5.74, 6) is 2.02. The van der Waals surface area contributed by atoms with Gasteiger partial charge in [-0.3, -0.25) is 4.79 Å². The van der Waals surface area contributed by atoms with Crippen LogP contribution < -0.4 is 0 Å². The van der Waals surface area contributed by atoms with Crippen LogP contribution in [0.25, 0.3) is 0 Å². The molecule has 1 amide bonds. The van der Waals surface area contributed by atoms with Gasteiger partial charge in [0, 0.05) is 24.3 Å². The molecule has 1 aliphatic carbocycles. The SMILES string of the molecule is CC1CCN(C(=O)CCCCBr)C2CCCCC12. The van der Waals surface area contributed by atoms with E-state index >= 15 is 0 Å². The molecule has 104 valence electrons. The highest BCUT2D eigenvalue weighted by molar-refractivity contribution is 9.09. The standard InChI is InChI=1S/C15H26BrNO/c1-12-9-11-17(15(18)8-4-5-10-16)14-7-3-2-6-13(12)14/h12-14H,2-11H2,1H3. The van der Waals surface area contributed by atoms with Crippen LogP contribution in [0.2, 0.25) is 0 Å². The molecule has 2 rings (SSSR count). The van der Waals surface area contributed by atoms with Gasteiger partial charge >= 0.3 is 0 Å². The monoisotopic (exact) mass is 315 g/mol. The second-order valence-electron chi connectivity index (χ2n) is 6.01. The van der Waals surface area contributed by atoms with Crippen molar-refractivity contribution in [3.8, 4) is 0 Å². The van der Waals surface area contributed by atoms with Crippen molar-refractivity contribution in [3.63, 3.8) is 0 Å². The molecule has 1 saturated carbocycles. The maximum Gasteiger partial charge on any atom is 0.222 e. The first-order valence-corrected chi connectivity index (χ1v) is 8.71. The Kier molecular flexibility index (Phi) is 5.53. The largest absolute Gasteiger partial charge is 0.339 e. The van der Waals surface area contributed by atoms with Crippen LogP contribution in [0, 0.1) is 11.8 Å². The Labute approximate surface area is 120 Å². The van der Waals surface area contributed by atoms with Crippen molar-refractivity contribution in [2.45, 2.75) is 64.3 Å². The van der Waals surface area contributed by atoms with Gasteiger partial charge in [0.05, 0.1) is 0 Å². The number of unbranched alkanes of at least 4 members (excludes halogenated alkanes) is 1. The highest BCUT2D eigenvalue weighted by atomic mass is 79.9. The molecule has 0 N–H and O–H groups in total. The maximum absolute atomic E-state index is 12.3. The van der Waals surface area contributed by atoms with Crippen molar-refractivity contribution in [2.75, 3.05) is 11.9 Å².